The maximum Gasteiger partial charge on any atom is 0.122 e. The van der Waals surface area contributed by atoms with Crippen LogP contribution >= 0.6 is 15.9 Å². The van der Waals surface area contributed by atoms with E-state index < -0.39 is 0 Å². The molecule has 2 nitrogen and oxygen atoms in total. The first-order valence-electron chi connectivity index (χ1n) is 6.91. The van der Waals surface area contributed by atoms with Crippen molar-refractivity contribution >= 4 is 15.9 Å². The van der Waals surface area contributed by atoms with Gasteiger partial charge in [-0.05, 0) is 68.3 Å². The van der Waals surface area contributed by atoms with Crippen LogP contribution in [0.5, 0.6) is 5.75 Å². The molecule has 2 rings (SSSR count). The van der Waals surface area contributed by atoms with Gasteiger partial charge in [-0.1, -0.05) is 22.4 Å². The van der Waals surface area contributed by atoms with Crippen LogP contribution in [0.25, 0.3) is 0 Å². The topological polar surface area (TPSA) is 35.2 Å². The molecule has 0 atom stereocenters. The van der Waals surface area contributed by atoms with Crippen molar-refractivity contribution in [3.8, 4) is 5.75 Å². The summed E-state index contributed by atoms with van der Waals surface area (Å²) in [6.07, 6.45) is 7.30. The Morgan fingerprint density at radius 2 is 2.11 bits per heavy atom. The third-order valence-corrected chi connectivity index (χ3v) is 4.12. The molecule has 0 radical (unpaired) electrons. The highest BCUT2D eigenvalue weighted by Gasteiger charge is 2.18. The number of rotatable bonds is 7. The highest BCUT2D eigenvalue weighted by atomic mass is 79.9. The smallest absolute Gasteiger partial charge is 0.122 e. The van der Waals surface area contributed by atoms with E-state index >= 15 is 0 Å². The summed E-state index contributed by atoms with van der Waals surface area (Å²) in [5, 5.41) is 0. The molecule has 1 aromatic carbocycles. The Labute approximate surface area is 118 Å². The summed E-state index contributed by atoms with van der Waals surface area (Å²) >= 11 is 3.53. The molecule has 18 heavy (non-hydrogen) atoms. The average Bonchev–Trinajstić information content (AvgIpc) is 2.30. The van der Waals surface area contributed by atoms with Gasteiger partial charge in [0, 0.05) is 4.47 Å². The van der Waals surface area contributed by atoms with Crippen molar-refractivity contribution in [2.45, 2.75) is 38.5 Å². The Bertz CT molecular complexity index is 377. The van der Waals surface area contributed by atoms with Crippen molar-refractivity contribution in [1.29, 1.82) is 0 Å². The van der Waals surface area contributed by atoms with E-state index in [2.05, 4.69) is 34.1 Å². The van der Waals surface area contributed by atoms with Crippen LogP contribution in [0.3, 0.4) is 0 Å². The molecule has 1 aromatic rings. The second-order valence-corrected chi connectivity index (χ2v) is 6.02. The fraction of sp³-hybridized carbons (Fsp3) is 0.600. The molecule has 0 unspecified atom stereocenters. The van der Waals surface area contributed by atoms with E-state index in [1.165, 1.54) is 24.8 Å². The van der Waals surface area contributed by atoms with E-state index in [0.717, 1.165) is 48.6 Å². The fourth-order valence-electron chi connectivity index (χ4n) is 2.21. The monoisotopic (exact) mass is 311 g/mol. The van der Waals surface area contributed by atoms with Crippen LogP contribution in [0.1, 0.15) is 37.7 Å². The lowest BCUT2D eigenvalue weighted by Gasteiger charge is -2.25. The number of hydrogen-bond acceptors (Lipinski definition) is 2. The van der Waals surface area contributed by atoms with Gasteiger partial charge in [0.2, 0.25) is 0 Å². The summed E-state index contributed by atoms with van der Waals surface area (Å²) in [5.74, 6) is 1.84. The van der Waals surface area contributed by atoms with Crippen molar-refractivity contribution in [2.24, 2.45) is 11.7 Å². The largest absolute Gasteiger partial charge is 0.493 e. The zero-order valence-corrected chi connectivity index (χ0v) is 12.4. The van der Waals surface area contributed by atoms with Gasteiger partial charge in [-0.3, -0.25) is 0 Å². The lowest BCUT2D eigenvalue weighted by Crippen LogP contribution is -2.19. The lowest BCUT2D eigenvalue weighted by atomic mass is 9.86. The minimum Gasteiger partial charge on any atom is -0.493 e. The lowest BCUT2D eigenvalue weighted by molar-refractivity contribution is 0.179. The van der Waals surface area contributed by atoms with Crippen molar-refractivity contribution < 1.29 is 4.74 Å². The van der Waals surface area contributed by atoms with Gasteiger partial charge in [-0.15, -0.1) is 0 Å². The number of unbranched alkanes of at least 4 members (excludes halogenated alkanes) is 1. The molecular weight excluding hydrogens is 290 g/mol. The average molecular weight is 312 g/mol. The van der Waals surface area contributed by atoms with Crippen molar-refractivity contribution in [3.05, 3.63) is 28.2 Å². The summed E-state index contributed by atoms with van der Waals surface area (Å²) in [5.41, 5.74) is 6.85. The Morgan fingerprint density at radius 3 is 2.78 bits per heavy atom. The maximum atomic E-state index is 5.97. The fourth-order valence-corrected chi connectivity index (χ4v) is 2.62. The van der Waals surface area contributed by atoms with Gasteiger partial charge < -0.3 is 10.5 Å². The van der Waals surface area contributed by atoms with Gasteiger partial charge in [0.05, 0.1) is 6.61 Å². The van der Waals surface area contributed by atoms with Crippen LogP contribution < -0.4 is 10.5 Å². The van der Waals surface area contributed by atoms with Crippen molar-refractivity contribution in [3.63, 3.8) is 0 Å². The summed E-state index contributed by atoms with van der Waals surface area (Å²) in [4.78, 5) is 0. The third kappa shape index (κ3) is 3.99. The predicted molar refractivity (Wildman–Crippen MR) is 79.0 cm³/mol. The first-order chi connectivity index (χ1) is 8.79. The molecule has 1 saturated carbocycles. The number of halogens is 1. The normalized spacial score (nSPS) is 15.4. The molecule has 2 N–H and O–H groups in total. The van der Waals surface area contributed by atoms with Gasteiger partial charge >= 0.3 is 0 Å². The molecule has 0 amide bonds. The highest BCUT2D eigenvalue weighted by molar-refractivity contribution is 9.10. The standard InChI is InChI=1S/C15H22BrNO/c16-14-7-8-15(18-11-12-4-3-5-12)13(10-14)6-1-2-9-17/h7-8,10,12H,1-6,9,11,17H2. The van der Waals surface area contributed by atoms with Gasteiger partial charge in [0.25, 0.3) is 0 Å². The molecule has 0 aromatic heterocycles. The second-order valence-electron chi connectivity index (χ2n) is 5.11. The molecule has 1 aliphatic rings. The number of hydrogen-bond donors (Lipinski definition) is 1. The van der Waals surface area contributed by atoms with Crippen LogP contribution in [0.2, 0.25) is 0 Å². The summed E-state index contributed by atoms with van der Waals surface area (Å²) in [6, 6.07) is 6.32. The van der Waals surface area contributed by atoms with Gasteiger partial charge in [0.15, 0.2) is 0 Å². The van der Waals surface area contributed by atoms with Crippen molar-refractivity contribution in [1.82, 2.24) is 0 Å². The predicted octanol–water partition coefficient (Wildman–Crippen LogP) is 3.91. The first kappa shape index (κ1) is 13.9. The number of nitrogens with two attached hydrogens (primary N) is 1. The van der Waals surface area contributed by atoms with Crippen molar-refractivity contribution in [2.75, 3.05) is 13.2 Å². The van der Waals surface area contributed by atoms with Crippen LogP contribution in [0.4, 0.5) is 0 Å². The Hall–Kier alpha value is -0.540. The van der Waals surface area contributed by atoms with Gasteiger partial charge in [-0.2, -0.15) is 0 Å². The minimum atomic E-state index is 0.770. The molecule has 1 aliphatic carbocycles. The van der Waals surface area contributed by atoms with Crippen LogP contribution in [-0.4, -0.2) is 13.2 Å². The molecular formula is C15H22BrNO. The quantitative estimate of drug-likeness (QED) is 0.775. The van der Waals surface area contributed by atoms with E-state index in [1.54, 1.807) is 0 Å². The molecule has 0 spiro atoms. The van der Waals surface area contributed by atoms with Crippen LogP contribution in [-0.2, 0) is 6.42 Å². The SMILES string of the molecule is NCCCCc1cc(Br)ccc1OCC1CCC1. The number of aryl methyl sites for hydroxylation is 1. The van der Waals surface area contributed by atoms with E-state index in [1.807, 2.05) is 0 Å². The molecule has 0 heterocycles. The summed E-state index contributed by atoms with van der Waals surface area (Å²) in [6.45, 7) is 1.65. The third-order valence-electron chi connectivity index (χ3n) is 3.62. The Balaban J connectivity index is 1.92. The maximum absolute atomic E-state index is 5.97. The highest BCUT2D eigenvalue weighted by Crippen LogP contribution is 2.29. The minimum absolute atomic E-state index is 0.770. The van der Waals surface area contributed by atoms with E-state index in [-0.39, 0.29) is 0 Å². The molecule has 3 heteroatoms. The molecule has 1 fully saturated rings. The van der Waals surface area contributed by atoms with E-state index in [9.17, 15) is 0 Å². The zero-order chi connectivity index (χ0) is 12.8. The van der Waals surface area contributed by atoms with Crippen LogP contribution in [0.15, 0.2) is 22.7 Å². The molecule has 100 valence electrons. The van der Waals surface area contributed by atoms with Gasteiger partial charge in [-0.25, -0.2) is 0 Å². The Morgan fingerprint density at radius 1 is 1.28 bits per heavy atom. The van der Waals surface area contributed by atoms with Gasteiger partial charge in [0.1, 0.15) is 5.75 Å². The van der Waals surface area contributed by atoms with Crippen LogP contribution in [0, 0.1) is 5.92 Å². The molecule has 0 bridgehead atoms. The second kappa shape index (κ2) is 7.15. The number of benzene rings is 1. The van der Waals surface area contributed by atoms with E-state index in [0.29, 0.717) is 0 Å². The Kier molecular flexibility index (Phi) is 5.51. The molecule has 0 aliphatic heterocycles. The van der Waals surface area contributed by atoms with E-state index in [4.69, 9.17) is 10.5 Å². The summed E-state index contributed by atoms with van der Waals surface area (Å²) in [7, 11) is 0. The zero-order valence-electron chi connectivity index (χ0n) is 10.8. The first-order valence-corrected chi connectivity index (χ1v) is 7.70. The molecule has 0 saturated heterocycles. The summed E-state index contributed by atoms with van der Waals surface area (Å²) < 4.78 is 7.10. The number of ether oxygens (including phenoxy) is 1.